The molecule has 4 fully saturated rings. The predicted octanol–water partition coefficient (Wildman–Crippen LogP) is 4.02. The van der Waals surface area contributed by atoms with E-state index in [4.69, 9.17) is 0 Å². The maximum atomic E-state index is 4.42. The Balaban J connectivity index is 1.19. The van der Waals surface area contributed by atoms with E-state index in [-0.39, 0.29) is 0 Å². The Kier molecular flexibility index (Phi) is 3.11. The molecule has 0 saturated heterocycles. The zero-order chi connectivity index (χ0) is 15.6. The Hall–Kier alpha value is -1.02. The summed E-state index contributed by atoms with van der Waals surface area (Å²) >= 11 is 0. The summed E-state index contributed by atoms with van der Waals surface area (Å²) in [5.74, 6) is 3.12. The number of hydrogen-bond donors (Lipinski definition) is 1. The van der Waals surface area contributed by atoms with Gasteiger partial charge in [-0.15, -0.1) is 0 Å². The molecule has 0 aromatic carbocycles. The van der Waals surface area contributed by atoms with Crippen molar-refractivity contribution in [1.82, 2.24) is 10.2 Å². The molecule has 6 rings (SSSR count). The largest absolute Gasteiger partial charge is 0.366 e. The van der Waals surface area contributed by atoms with E-state index in [0.29, 0.717) is 5.54 Å². The monoisotopic (exact) mass is 310 g/mol. The molecule has 124 valence electrons. The molecular formula is C21H30N2. The first-order valence-corrected chi connectivity index (χ1v) is 9.66. The van der Waals surface area contributed by atoms with Crippen LogP contribution in [0.15, 0.2) is 35.1 Å². The van der Waals surface area contributed by atoms with Gasteiger partial charge in [0.15, 0.2) is 0 Å². The fourth-order valence-electron chi connectivity index (χ4n) is 6.46. The molecule has 5 aliphatic carbocycles. The van der Waals surface area contributed by atoms with Crippen molar-refractivity contribution in [1.29, 1.82) is 0 Å². The highest BCUT2D eigenvalue weighted by Gasteiger charge is 2.55. The molecule has 4 bridgehead atoms. The second-order valence-corrected chi connectivity index (χ2v) is 9.15. The summed E-state index contributed by atoms with van der Waals surface area (Å²) in [7, 11) is 0. The van der Waals surface area contributed by atoms with E-state index < -0.39 is 0 Å². The van der Waals surface area contributed by atoms with Gasteiger partial charge in [0.1, 0.15) is 0 Å². The van der Waals surface area contributed by atoms with Gasteiger partial charge < -0.3 is 10.2 Å². The molecule has 0 aromatic heterocycles. The second kappa shape index (κ2) is 4.99. The maximum Gasteiger partial charge on any atom is 0.0430 e. The van der Waals surface area contributed by atoms with Gasteiger partial charge in [-0.1, -0.05) is 18.2 Å². The van der Waals surface area contributed by atoms with Crippen molar-refractivity contribution in [2.24, 2.45) is 17.8 Å². The number of nitrogens with zero attached hydrogens (tertiary/aromatic N) is 1. The molecule has 0 amide bonds. The Morgan fingerprint density at radius 1 is 1.22 bits per heavy atom. The van der Waals surface area contributed by atoms with Crippen molar-refractivity contribution in [3.8, 4) is 0 Å². The Morgan fingerprint density at radius 3 is 2.74 bits per heavy atom. The zero-order valence-corrected chi connectivity index (χ0v) is 14.5. The molecule has 4 saturated carbocycles. The Morgan fingerprint density at radius 2 is 2.00 bits per heavy atom. The lowest BCUT2D eigenvalue weighted by atomic mass is 9.76. The lowest BCUT2D eigenvalue weighted by Crippen LogP contribution is -2.49. The van der Waals surface area contributed by atoms with Gasteiger partial charge in [0, 0.05) is 30.9 Å². The predicted molar refractivity (Wildman–Crippen MR) is 95.0 cm³/mol. The molecule has 6 aliphatic rings. The van der Waals surface area contributed by atoms with Gasteiger partial charge in [0.2, 0.25) is 0 Å². The van der Waals surface area contributed by atoms with Crippen molar-refractivity contribution in [2.45, 2.75) is 57.4 Å². The van der Waals surface area contributed by atoms with E-state index in [2.05, 4.69) is 29.8 Å². The van der Waals surface area contributed by atoms with Gasteiger partial charge in [0.05, 0.1) is 0 Å². The average Bonchev–Trinajstić information content (AvgIpc) is 3.13. The quantitative estimate of drug-likeness (QED) is 0.843. The molecule has 2 heteroatoms. The van der Waals surface area contributed by atoms with Crippen molar-refractivity contribution >= 4 is 0 Å². The molecular weight excluding hydrogens is 280 g/mol. The van der Waals surface area contributed by atoms with Crippen molar-refractivity contribution in [2.75, 3.05) is 19.6 Å². The van der Waals surface area contributed by atoms with Gasteiger partial charge >= 0.3 is 0 Å². The molecule has 2 atom stereocenters. The summed E-state index contributed by atoms with van der Waals surface area (Å²) in [5.41, 5.74) is 6.57. The van der Waals surface area contributed by atoms with Gasteiger partial charge in [0.25, 0.3) is 0 Å². The highest BCUT2D eigenvalue weighted by atomic mass is 15.2. The fraction of sp³-hybridized carbons (Fsp3) is 0.714. The van der Waals surface area contributed by atoms with E-state index in [1.165, 1.54) is 50.6 Å². The molecule has 1 N–H and O–H groups in total. The van der Waals surface area contributed by atoms with Gasteiger partial charge in [-0.25, -0.2) is 0 Å². The molecule has 0 aromatic rings. The first-order chi connectivity index (χ1) is 11.1. The second-order valence-electron chi connectivity index (χ2n) is 9.15. The van der Waals surface area contributed by atoms with Crippen LogP contribution in [0, 0.1) is 17.8 Å². The van der Waals surface area contributed by atoms with Crippen LogP contribution in [0.5, 0.6) is 0 Å². The summed E-state index contributed by atoms with van der Waals surface area (Å²) < 4.78 is 0. The molecule has 1 heterocycles. The third-order valence-electron chi connectivity index (χ3n) is 7.48. The van der Waals surface area contributed by atoms with Crippen LogP contribution in [-0.2, 0) is 0 Å². The minimum absolute atomic E-state index is 0.475. The summed E-state index contributed by atoms with van der Waals surface area (Å²) in [5, 5.41) is 3.98. The number of rotatable bonds is 4. The van der Waals surface area contributed by atoms with E-state index in [1.807, 2.05) is 0 Å². The lowest BCUT2D eigenvalue weighted by Gasteiger charge is -2.40. The van der Waals surface area contributed by atoms with Crippen molar-refractivity contribution < 1.29 is 0 Å². The number of allylic oxidation sites excluding steroid dienone is 1. The zero-order valence-electron chi connectivity index (χ0n) is 14.5. The average molecular weight is 310 g/mol. The van der Waals surface area contributed by atoms with Crippen molar-refractivity contribution in [3.63, 3.8) is 0 Å². The molecule has 23 heavy (non-hydrogen) atoms. The van der Waals surface area contributed by atoms with Crippen LogP contribution in [0.25, 0.3) is 0 Å². The highest BCUT2D eigenvalue weighted by molar-refractivity contribution is 5.39. The molecule has 0 radical (unpaired) electrons. The van der Waals surface area contributed by atoms with E-state index in [1.54, 1.807) is 16.7 Å². The molecule has 1 aliphatic heterocycles. The minimum Gasteiger partial charge on any atom is -0.366 e. The Labute approximate surface area is 140 Å². The van der Waals surface area contributed by atoms with E-state index in [0.717, 1.165) is 37.4 Å². The van der Waals surface area contributed by atoms with Crippen LogP contribution in [0.4, 0.5) is 0 Å². The number of hydrogen-bond acceptors (Lipinski definition) is 2. The van der Waals surface area contributed by atoms with Crippen LogP contribution in [-0.4, -0.2) is 30.1 Å². The van der Waals surface area contributed by atoms with Crippen LogP contribution >= 0.6 is 0 Å². The summed E-state index contributed by atoms with van der Waals surface area (Å²) in [6.07, 6.45) is 12.3. The van der Waals surface area contributed by atoms with E-state index >= 15 is 0 Å². The summed E-state index contributed by atoms with van der Waals surface area (Å²) in [6.45, 7) is 9.91. The van der Waals surface area contributed by atoms with Gasteiger partial charge in [-0.05, 0) is 80.8 Å². The van der Waals surface area contributed by atoms with Gasteiger partial charge in [-0.3, -0.25) is 0 Å². The standard InChI is InChI=1S/C21H30N2/c1-14-3-4-17-12-23(13-20(17)5-14)15(2)11-22-21-8-16-6-18(9-21)19(7-16)10-21/h5,16,18-19,22H,2-4,6-13H2,1H3. The molecule has 2 nitrogen and oxygen atoms in total. The van der Waals surface area contributed by atoms with E-state index in [9.17, 15) is 0 Å². The third kappa shape index (κ3) is 2.33. The van der Waals surface area contributed by atoms with Crippen LogP contribution in [0.2, 0.25) is 0 Å². The third-order valence-corrected chi connectivity index (χ3v) is 7.48. The topological polar surface area (TPSA) is 15.3 Å². The normalized spacial score (nSPS) is 40.8. The number of nitrogens with one attached hydrogen (secondary N) is 1. The summed E-state index contributed by atoms with van der Waals surface area (Å²) in [6, 6.07) is 0. The smallest absolute Gasteiger partial charge is 0.0430 e. The molecule has 2 unspecified atom stereocenters. The first kappa shape index (κ1) is 14.3. The SMILES string of the molecule is C=C(CNC12CC3CC(C1)C(C3)C2)N1CC2=C(CCC(C)=C2)C1. The fourth-order valence-corrected chi connectivity index (χ4v) is 6.46. The minimum atomic E-state index is 0.475. The van der Waals surface area contributed by atoms with Crippen LogP contribution < -0.4 is 5.32 Å². The molecule has 0 spiro atoms. The summed E-state index contributed by atoms with van der Waals surface area (Å²) in [4.78, 5) is 2.51. The highest BCUT2D eigenvalue weighted by Crippen LogP contribution is 2.59. The van der Waals surface area contributed by atoms with Crippen LogP contribution in [0.1, 0.15) is 51.9 Å². The Bertz CT molecular complexity index is 592. The van der Waals surface area contributed by atoms with Gasteiger partial charge in [-0.2, -0.15) is 0 Å². The van der Waals surface area contributed by atoms with Crippen LogP contribution in [0.3, 0.4) is 0 Å². The first-order valence-electron chi connectivity index (χ1n) is 9.66. The van der Waals surface area contributed by atoms with Crippen molar-refractivity contribution in [3.05, 3.63) is 35.1 Å². The lowest BCUT2D eigenvalue weighted by molar-refractivity contribution is 0.185. The maximum absolute atomic E-state index is 4.42.